The molecule has 1 fully saturated rings. The van der Waals surface area contributed by atoms with Gasteiger partial charge in [-0.2, -0.15) is 5.26 Å². The number of carbonyl (C=O) groups is 1. The van der Waals surface area contributed by atoms with Crippen LogP contribution in [0.2, 0.25) is 0 Å². The standard InChI is InChI=1S/C30H24N2O2/c31-18-21(30(33)34)7-3-5-19-11-14-29-27(15-19)26-9-4-10-28(26)32(29)23-12-13-25-22(17-23)16-20-6-1-2-8-24(20)25/h1-3,5-8,11-15,17,26,28H,4,9-10,16H2,(H,33,34). The van der Waals surface area contributed by atoms with Crippen molar-refractivity contribution in [3.63, 3.8) is 0 Å². The minimum Gasteiger partial charge on any atom is -0.477 e. The van der Waals surface area contributed by atoms with Crippen LogP contribution in [0.15, 0.2) is 78.4 Å². The monoisotopic (exact) mass is 444 g/mol. The largest absolute Gasteiger partial charge is 0.477 e. The van der Waals surface area contributed by atoms with E-state index >= 15 is 0 Å². The number of rotatable bonds is 4. The molecular formula is C30H24N2O2. The zero-order valence-electron chi connectivity index (χ0n) is 18.7. The van der Waals surface area contributed by atoms with Gasteiger partial charge in [-0.3, -0.25) is 0 Å². The van der Waals surface area contributed by atoms with Crippen molar-refractivity contribution in [1.82, 2.24) is 0 Å². The summed E-state index contributed by atoms with van der Waals surface area (Å²) in [6.45, 7) is 0. The fraction of sp³-hybridized carbons (Fsp3) is 0.200. The molecule has 2 atom stereocenters. The Labute approximate surface area is 199 Å². The molecule has 0 spiro atoms. The first-order valence-electron chi connectivity index (χ1n) is 11.8. The van der Waals surface area contributed by atoms with E-state index < -0.39 is 5.97 Å². The van der Waals surface area contributed by atoms with Gasteiger partial charge in [0.25, 0.3) is 0 Å². The quantitative estimate of drug-likeness (QED) is 0.219. The van der Waals surface area contributed by atoms with Gasteiger partial charge in [0.1, 0.15) is 11.6 Å². The maximum absolute atomic E-state index is 11.0. The summed E-state index contributed by atoms with van der Waals surface area (Å²) < 4.78 is 0. The molecule has 0 saturated heterocycles. The molecule has 6 rings (SSSR count). The van der Waals surface area contributed by atoms with Crippen LogP contribution in [0.4, 0.5) is 11.4 Å². The molecule has 3 aliphatic rings. The number of allylic oxidation sites excluding steroid dienone is 2. The molecule has 1 N–H and O–H groups in total. The highest BCUT2D eigenvalue weighted by molar-refractivity contribution is 5.91. The van der Waals surface area contributed by atoms with Gasteiger partial charge in [-0.25, -0.2) is 4.79 Å². The Morgan fingerprint density at radius 2 is 1.88 bits per heavy atom. The molecule has 2 aliphatic carbocycles. The first kappa shape index (κ1) is 20.5. The molecule has 0 radical (unpaired) electrons. The summed E-state index contributed by atoms with van der Waals surface area (Å²) in [5.74, 6) is -0.694. The average Bonchev–Trinajstić information content (AvgIpc) is 3.53. The minimum absolute atomic E-state index is 0.266. The number of fused-ring (bicyclic) bond motifs is 6. The second kappa shape index (κ2) is 8.04. The second-order valence-electron chi connectivity index (χ2n) is 9.32. The lowest BCUT2D eigenvalue weighted by molar-refractivity contribution is -0.132. The highest BCUT2D eigenvalue weighted by Gasteiger charge is 2.42. The number of carboxylic acid groups (broad SMARTS) is 1. The van der Waals surface area contributed by atoms with Gasteiger partial charge in [0, 0.05) is 23.3 Å². The van der Waals surface area contributed by atoms with Crippen LogP contribution in [-0.2, 0) is 11.2 Å². The first-order chi connectivity index (χ1) is 16.6. The van der Waals surface area contributed by atoms with Gasteiger partial charge < -0.3 is 10.0 Å². The third-order valence-corrected chi connectivity index (χ3v) is 7.48. The van der Waals surface area contributed by atoms with E-state index in [1.807, 2.05) is 6.08 Å². The van der Waals surface area contributed by atoms with Crippen LogP contribution in [-0.4, -0.2) is 17.1 Å². The van der Waals surface area contributed by atoms with E-state index in [9.17, 15) is 4.79 Å². The summed E-state index contributed by atoms with van der Waals surface area (Å²) in [5.41, 5.74) is 10.2. The van der Waals surface area contributed by atoms with Gasteiger partial charge in [0.15, 0.2) is 0 Å². The summed E-state index contributed by atoms with van der Waals surface area (Å²) in [6, 6.07) is 24.3. The lowest BCUT2D eigenvalue weighted by atomic mass is 9.96. The number of hydrogen-bond acceptors (Lipinski definition) is 3. The van der Waals surface area contributed by atoms with E-state index in [4.69, 9.17) is 10.4 Å². The van der Waals surface area contributed by atoms with Crippen molar-refractivity contribution in [1.29, 1.82) is 5.26 Å². The molecule has 1 saturated carbocycles. The Morgan fingerprint density at radius 3 is 2.74 bits per heavy atom. The van der Waals surface area contributed by atoms with E-state index in [1.54, 1.807) is 12.1 Å². The average molecular weight is 445 g/mol. The van der Waals surface area contributed by atoms with Crippen molar-refractivity contribution in [2.24, 2.45) is 0 Å². The smallest absolute Gasteiger partial charge is 0.346 e. The summed E-state index contributed by atoms with van der Waals surface area (Å²) in [4.78, 5) is 13.6. The molecule has 0 bridgehead atoms. The lowest BCUT2D eigenvalue weighted by Gasteiger charge is -2.27. The number of nitriles is 1. The molecule has 2 unspecified atom stereocenters. The molecule has 1 heterocycles. The minimum atomic E-state index is -1.21. The van der Waals surface area contributed by atoms with Crippen molar-refractivity contribution in [3.8, 4) is 17.2 Å². The zero-order valence-corrected chi connectivity index (χ0v) is 18.7. The van der Waals surface area contributed by atoms with Crippen LogP contribution in [0.5, 0.6) is 0 Å². The molecule has 1 aliphatic heterocycles. The maximum atomic E-state index is 11.0. The van der Waals surface area contributed by atoms with Crippen LogP contribution < -0.4 is 4.90 Å². The fourth-order valence-corrected chi connectivity index (χ4v) is 6.01. The molecule has 166 valence electrons. The van der Waals surface area contributed by atoms with Crippen LogP contribution in [0.3, 0.4) is 0 Å². The zero-order chi connectivity index (χ0) is 23.2. The van der Waals surface area contributed by atoms with Gasteiger partial charge >= 0.3 is 5.97 Å². The van der Waals surface area contributed by atoms with Gasteiger partial charge in [0.05, 0.1) is 0 Å². The first-order valence-corrected chi connectivity index (χ1v) is 11.8. The van der Waals surface area contributed by atoms with Gasteiger partial charge in [-0.15, -0.1) is 0 Å². The molecule has 34 heavy (non-hydrogen) atoms. The van der Waals surface area contributed by atoms with Crippen molar-refractivity contribution < 1.29 is 9.90 Å². The molecule has 4 heteroatoms. The predicted octanol–water partition coefficient (Wildman–Crippen LogP) is 6.59. The van der Waals surface area contributed by atoms with E-state index in [1.165, 1.54) is 64.5 Å². The molecule has 0 aromatic heterocycles. The van der Waals surface area contributed by atoms with Gasteiger partial charge in [0.2, 0.25) is 0 Å². The summed E-state index contributed by atoms with van der Waals surface area (Å²) in [5, 5.41) is 17.9. The molecular weight excluding hydrogens is 420 g/mol. The molecule has 3 aromatic rings. The number of carboxylic acids is 1. The SMILES string of the molecule is N#CC(=CC=Cc1ccc2c(c1)C1CCCC1N2c1ccc2c(c1)Cc1ccccc1-2)C(=O)O. The van der Waals surface area contributed by atoms with Crippen LogP contribution in [0.25, 0.3) is 17.2 Å². The Morgan fingerprint density at radius 1 is 1.03 bits per heavy atom. The van der Waals surface area contributed by atoms with Crippen LogP contribution >= 0.6 is 0 Å². The topological polar surface area (TPSA) is 64.3 Å². The van der Waals surface area contributed by atoms with Crippen molar-refractivity contribution in [2.45, 2.75) is 37.6 Å². The van der Waals surface area contributed by atoms with Crippen molar-refractivity contribution >= 4 is 23.4 Å². The number of aliphatic carboxylic acids is 1. The fourth-order valence-electron chi connectivity index (χ4n) is 6.01. The van der Waals surface area contributed by atoms with Crippen molar-refractivity contribution in [3.05, 3.63) is 101 Å². The predicted molar refractivity (Wildman–Crippen MR) is 134 cm³/mol. The van der Waals surface area contributed by atoms with E-state index in [0.29, 0.717) is 12.0 Å². The Kier molecular flexibility index (Phi) is 4.85. The molecule has 4 nitrogen and oxygen atoms in total. The number of anilines is 2. The van der Waals surface area contributed by atoms with Crippen LogP contribution in [0.1, 0.15) is 47.4 Å². The van der Waals surface area contributed by atoms with E-state index in [2.05, 4.69) is 65.6 Å². The number of benzene rings is 3. The molecule has 3 aromatic carbocycles. The highest BCUT2D eigenvalue weighted by atomic mass is 16.4. The number of hydrogen-bond donors (Lipinski definition) is 1. The number of nitrogens with zero attached hydrogens (tertiary/aromatic N) is 2. The Hall–Kier alpha value is -4.10. The Bertz CT molecular complexity index is 1430. The molecule has 0 amide bonds. The van der Waals surface area contributed by atoms with E-state index in [0.717, 1.165) is 12.0 Å². The summed E-state index contributed by atoms with van der Waals surface area (Å²) >= 11 is 0. The van der Waals surface area contributed by atoms with E-state index in [-0.39, 0.29) is 5.57 Å². The Balaban J connectivity index is 1.34. The third kappa shape index (κ3) is 3.24. The van der Waals surface area contributed by atoms with Crippen LogP contribution in [0, 0.1) is 11.3 Å². The third-order valence-electron chi connectivity index (χ3n) is 7.48. The van der Waals surface area contributed by atoms with Gasteiger partial charge in [-0.05, 0) is 83.0 Å². The maximum Gasteiger partial charge on any atom is 0.346 e. The summed E-state index contributed by atoms with van der Waals surface area (Å²) in [7, 11) is 0. The van der Waals surface area contributed by atoms with Crippen molar-refractivity contribution in [2.75, 3.05) is 4.90 Å². The highest BCUT2D eigenvalue weighted by Crippen LogP contribution is 2.53. The second-order valence-corrected chi connectivity index (χ2v) is 9.32. The van der Waals surface area contributed by atoms with Gasteiger partial charge in [-0.1, -0.05) is 55.0 Å². The summed E-state index contributed by atoms with van der Waals surface area (Å²) in [6.07, 6.45) is 9.47. The normalized spacial score (nSPS) is 20.1. The lowest BCUT2D eigenvalue weighted by Crippen LogP contribution is -2.26.